The van der Waals surface area contributed by atoms with Gasteiger partial charge in [0.25, 0.3) is 0 Å². The molecule has 0 saturated carbocycles. The molecule has 0 N–H and O–H groups in total. The molecule has 35 heavy (non-hydrogen) atoms. The fraction of sp³-hybridized carbons (Fsp3) is 0.0312. The van der Waals surface area contributed by atoms with Crippen LogP contribution in [0.2, 0.25) is 5.02 Å². The van der Waals surface area contributed by atoms with Gasteiger partial charge in [0.15, 0.2) is 5.58 Å². The molecular formula is C32H20ClOP. The molecule has 0 bridgehead atoms. The zero-order valence-electron chi connectivity index (χ0n) is 18.8. The maximum Gasteiger partial charge on any atom is 0.153 e. The number of hydrogen-bond acceptors (Lipinski definition) is 1. The van der Waals surface area contributed by atoms with Gasteiger partial charge < -0.3 is 4.42 Å². The molecule has 1 atom stereocenters. The SMILES string of the molecule is P=CC1(c2ccccc2)c2ccccc2-c2ccc(-c3ccc4c(c3)oc3c(Cl)cccc34)cc21. The molecule has 7 rings (SSSR count). The van der Waals surface area contributed by atoms with Crippen molar-refractivity contribution in [2.75, 3.05) is 0 Å². The highest BCUT2D eigenvalue weighted by molar-refractivity contribution is 7.18. The molecule has 3 heteroatoms. The molecule has 1 unspecified atom stereocenters. The Kier molecular flexibility index (Phi) is 4.55. The molecule has 0 spiro atoms. The Morgan fingerprint density at radius 2 is 1.40 bits per heavy atom. The Balaban J connectivity index is 1.46. The van der Waals surface area contributed by atoms with Gasteiger partial charge in [0.05, 0.1) is 10.4 Å². The summed E-state index contributed by atoms with van der Waals surface area (Å²) in [6, 6.07) is 38.5. The maximum atomic E-state index is 6.40. The molecule has 1 aliphatic rings. The molecule has 1 aliphatic carbocycles. The van der Waals surface area contributed by atoms with Crippen molar-refractivity contribution in [1.29, 1.82) is 0 Å². The highest BCUT2D eigenvalue weighted by Gasteiger charge is 2.42. The maximum absolute atomic E-state index is 6.40. The normalized spacial score (nSPS) is 16.4. The summed E-state index contributed by atoms with van der Waals surface area (Å²) in [6.07, 6.45) is 0. The Morgan fingerprint density at radius 1 is 0.657 bits per heavy atom. The molecule has 0 saturated heterocycles. The van der Waals surface area contributed by atoms with Crippen LogP contribution in [-0.2, 0) is 5.41 Å². The highest BCUT2D eigenvalue weighted by Crippen LogP contribution is 2.52. The molecule has 6 aromatic rings. The Hall–Kier alpha value is -3.64. The average Bonchev–Trinajstić information content (AvgIpc) is 3.43. The minimum absolute atomic E-state index is 0.378. The van der Waals surface area contributed by atoms with Crippen LogP contribution >= 0.6 is 20.5 Å². The monoisotopic (exact) mass is 486 g/mol. The van der Waals surface area contributed by atoms with Gasteiger partial charge in [-0.1, -0.05) is 96.5 Å². The number of hydrogen-bond donors (Lipinski definition) is 0. The molecule has 1 nitrogen and oxygen atoms in total. The Labute approximate surface area is 210 Å². The lowest BCUT2D eigenvalue weighted by Gasteiger charge is -2.29. The molecule has 1 aromatic heterocycles. The first kappa shape index (κ1) is 20.7. The molecule has 5 aromatic carbocycles. The third kappa shape index (κ3) is 2.86. The minimum Gasteiger partial charge on any atom is -0.454 e. The molecule has 0 fully saturated rings. The summed E-state index contributed by atoms with van der Waals surface area (Å²) in [6.45, 7) is 0. The standard InChI is InChI=1S/C32H20ClOP/c33-29-12-6-10-26-25-16-14-21(18-30(25)34-31(26)29)20-13-15-24-23-9-4-5-11-27(23)32(19-35,28(24)17-20)22-7-2-1-3-8-22/h1-19,35H. The van der Waals surface area contributed by atoms with Crippen LogP contribution in [0.1, 0.15) is 16.7 Å². The fourth-order valence-corrected chi connectivity index (χ4v) is 6.38. The summed E-state index contributed by atoms with van der Waals surface area (Å²) in [4.78, 5) is 0. The summed E-state index contributed by atoms with van der Waals surface area (Å²) in [5, 5.41) is 2.75. The number of para-hydroxylation sites is 1. The lowest BCUT2D eigenvalue weighted by molar-refractivity contribution is 0.669. The van der Waals surface area contributed by atoms with Gasteiger partial charge in [-0.15, -0.1) is 8.86 Å². The topological polar surface area (TPSA) is 13.1 Å². The number of halogens is 1. The van der Waals surface area contributed by atoms with Gasteiger partial charge in [-0.2, -0.15) is 0 Å². The summed E-state index contributed by atoms with van der Waals surface area (Å²) >= 11 is 6.40. The van der Waals surface area contributed by atoms with Crippen molar-refractivity contribution in [1.82, 2.24) is 0 Å². The molecule has 0 amide bonds. The van der Waals surface area contributed by atoms with Gasteiger partial charge in [0, 0.05) is 10.8 Å². The van der Waals surface area contributed by atoms with Crippen LogP contribution in [0.25, 0.3) is 44.2 Å². The van der Waals surface area contributed by atoms with Crippen LogP contribution in [0.5, 0.6) is 0 Å². The van der Waals surface area contributed by atoms with E-state index in [2.05, 4.69) is 112 Å². The van der Waals surface area contributed by atoms with Crippen LogP contribution in [-0.4, -0.2) is 5.80 Å². The van der Waals surface area contributed by atoms with Crippen molar-refractivity contribution in [2.45, 2.75) is 5.41 Å². The Morgan fingerprint density at radius 3 is 2.26 bits per heavy atom. The molecular weight excluding hydrogens is 467 g/mol. The van der Waals surface area contributed by atoms with Crippen LogP contribution in [0.15, 0.2) is 114 Å². The molecule has 0 aliphatic heterocycles. The van der Waals surface area contributed by atoms with Gasteiger partial charge in [-0.05, 0) is 69.0 Å². The average molecular weight is 487 g/mol. The third-order valence-electron chi connectivity index (χ3n) is 7.32. The predicted octanol–water partition coefficient (Wildman–Crippen LogP) is 9.17. The Bertz CT molecular complexity index is 1780. The van der Waals surface area contributed by atoms with Crippen LogP contribution in [0.3, 0.4) is 0 Å². The van der Waals surface area contributed by atoms with E-state index in [9.17, 15) is 0 Å². The second-order valence-electron chi connectivity index (χ2n) is 9.05. The zero-order valence-corrected chi connectivity index (χ0v) is 20.5. The summed E-state index contributed by atoms with van der Waals surface area (Å²) < 4.78 is 6.17. The highest BCUT2D eigenvalue weighted by atomic mass is 35.5. The third-order valence-corrected chi connectivity index (χ3v) is 8.05. The number of fused-ring (bicyclic) bond motifs is 6. The van der Waals surface area contributed by atoms with E-state index < -0.39 is 0 Å². The van der Waals surface area contributed by atoms with Crippen LogP contribution < -0.4 is 0 Å². The number of benzene rings is 5. The van der Waals surface area contributed by atoms with Gasteiger partial charge in [-0.25, -0.2) is 0 Å². The molecule has 166 valence electrons. The van der Waals surface area contributed by atoms with E-state index in [0.29, 0.717) is 5.02 Å². The van der Waals surface area contributed by atoms with Crippen molar-refractivity contribution in [2.24, 2.45) is 0 Å². The van der Waals surface area contributed by atoms with Gasteiger partial charge in [0.2, 0.25) is 0 Å². The number of rotatable bonds is 3. The van der Waals surface area contributed by atoms with E-state index >= 15 is 0 Å². The van der Waals surface area contributed by atoms with E-state index in [4.69, 9.17) is 16.0 Å². The van der Waals surface area contributed by atoms with Gasteiger partial charge in [-0.3, -0.25) is 0 Å². The van der Waals surface area contributed by atoms with Gasteiger partial charge in [0.1, 0.15) is 5.58 Å². The van der Waals surface area contributed by atoms with Crippen LogP contribution in [0, 0.1) is 0 Å². The van der Waals surface area contributed by atoms with Crippen molar-refractivity contribution < 1.29 is 4.42 Å². The van der Waals surface area contributed by atoms with E-state index in [1.54, 1.807) is 0 Å². The predicted molar refractivity (Wildman–Crippen MR) is 150 cm³/mol. The minimum atomic E-state index is -0.378. The lowest BCUT2D eigenvalue weighted by Crippen LogP contribution is -2.27. The van der Waals surface area contributed by atoms with Crippen molar-refractivity contribution in [3.05, 3.63) is 131 Å². The second kappa shape index (κ2) is 7.68. The van der Waals surface area contributed by atoms with Crippen LogP contribution in [0.4, 0.5) is 0 Å². The smallest absolute Gasteiger partial charge is 0.153 e. The van der Waals surface area contributed by atoms with Crippen molar-refractivity contribution in [3.8, 4) is 22.3 Å². The van der Waals surface area contributed by atoms with E-state index in [1.165, 1.54) is 27.8 Å². The van der Waals surface area contributed by atoms with Gasteiger partial charge >= 0.3 is 0 Å². The van der Waals surface area contributed by atoms with E-state index in [0.717, 1.165) is 33.1 Å². The summed E-state index contributed by atoms with van der Waals surface area (Å²) in [5.41, 5.74) is 9.80. The van der Waals surface area contributed by atoms with Crippen molar-refractivity contribution >= 4 is 48.2 Å². The lowest BCUT2D eigenvalue weighted by atomic mass is 9.74. The summed E-state index contributed by atoms with van der Waals surface area (Å²) in [7, 11) is 3.86. The zero-order chi connectivity index (χ0) is 23.6. The number of furan rings is 1. The first-order chi connectivity index (χ1) is 17.2. The second-order valence-corrected chi connectivity index (χ2v) is 9.75. The quantitative estimate of drug-likeness (QED) is 0.227. The molecule has 1 heterocycles. The molecule has 0 radical (unpaired) electrons. The first-order valence-electron chi connectivity index (χ1n) is 11.6. The van der Waals surface area contributed by atoms with E-state index in [-0.39, 0.29) is 5.41 Å². The fourth-order valence-electron chi connectivity index (χ4n) is 5.69. The summed E-state index contributed by atoms with van der Waals surface area (Å²) in [5.74, 6) is 2.15. The van der Waals surface area contributed by atoms with Crippen molar-refractivity contribution in [3.63, 3.8) is 0 Å². The first-order valence-corrected chi connectivity index (χ1v) is 12.6. The largest absolute Gasteiger partial charge is 0.454 e. The van der Waals surface area contributed by atoms with E-state index in [1.807, 2.05) is 12.1 Å².